The van der Waals surface area contributed by atoms with Crippen LogP contribution in [0.1, 0.15) is 52.9 Å². The van der Waals surface area contributed by atoms with Gasteiger partial charge in [-0.1, -0.05) is 36.5 Å². The quantitative estimate of drug-likeness (QED) is 0.440. The van der Waals surface area contributed by atoms with Crippen molar-refractivity contribution in [2.24, 2.45) is 11.8 Å². The summed E-state index contributed by atoms with van der Waals surface area (Å²) in [7, 11) is 0. The average molecular weight is 336 g/mol. The van der Waals surface area contributed by atoms with E-state index in [1.54, 1.807) is 0 Å². The fourth-order valence-electron chi connectivity index (χ4n) is 2.88. The third kappa shape index (κ3) is 7.45. The van der Waals surface area contributed by atoms with Crippen molar-refractivity contribution in [3.63, 3.8) is 0 Å². The molecule has 4 nitrogen and oxygen atoms in total. The first-order valence-corrected chi connectivity index (χ1v) is 8.90. The number of hydrogen-bond acceptors (Lipinski definition) is 3. The van der Waals surface area contributed by atoms with E-state index >= 15 is 0 Å². The summed E-state index contributed by atoms with van der Waals surface area (Å²) >= 11 is 0. The highest BCUT2D eigenvalue weighted by atomic mass is 16.5. The Morgan fingerprint density at radius 1 is 1.42 bits per heavy atom. The summed E-state index contributed by atoms with van der Waals surface area (Å²) < 4.78 is 5.58. The van der Waals surface area contributed by atoms with Gasteiger partial charge in [-0.15, -0.1) is 0 Å². The molecule has 0 fully saturated rings. The molecule has 2 N–H and O–H groups in total. The van der Waals surface area contributed by atoms with E-state index < -0.39 is 17.7 Å². The summed E-state index contributed by atoms with van der Waals surface area (Å²) in [5.74, 6) is 0.113. The number of carbonyl (C=O) groups is 1. The van der Waals surface area contributed by atoms with Crippen LogP contribution in [-0.2, 0) is 9.53 Å². The van der Waals surface area contributed by atoms with Crippen LogP contribution in [0.5, 0.6) is 0 Å². The largest absolute Gasteiger partial charge is 0.481 e. The lowest BCUT2D eigenvalue weighted by Crippen LogP contribution is -2.37. The number of rotatable bonds is 11. The molecular weight excluding hydrogens is 304 g/mol. The summed E-state index contributed by atoms with van der Waals surface area (Å²) in [5.41, 5.74) is -0.576. The van der Waals surface area contributed by atoms with Crippen LogP contribution in [0.3, 0.4) is 0 Å². The van der Waals surface area contributed by atoms with E-state index in [-0.39, 0.29) is 6.42 Å². The molecule has 3 atom stereocenters. The molecular formula is C20H32O4. The number of carboxylic acid groups (broad SMARTS) is 1. The fourth-order valence-corrected chi connectivity index (χ4v) is 2.88. The first kappa shape index (κ1) is 20.7. The Balaban J connectivity index is 2.42. The number of aliphatic hydroxyl groups is 1. The van der Waals surface area contributed by atoms with Crippen LogP contribution in [-0.4, -0.2) is 34.5 Å². The summed E-state index contributed by atoms with van der Waals surface area (Å²) in [6.45, 7) is 6.30. The second kappa shape index (κ2) is 10.5. The van der Waals surface area contributed by atoms with E-state index in [4.69, 9.17) is 9.84 Å². The van der Waals surface area contributed by atoms with Crippen molar-refractivity contribution in [1.82, 2.24) is 0 Å². The van der Waals surface area contributed by atoms with E-state index in [2.05, 4.69) is 30.4 Å². The van der Waals surface area contributed by atoms with Gasteiger partial charge in [0.05, 0.1) is 5.60 Å². The van der Waals surface area contributed by atoms with Crippen molar-refractivity contribution in [2.45, 2.75) is 64.6 Å². The zero-order valence-corrected chi connectivity index (χ0v) is 15.1. The molecule has 24 heavy (non-hydrogen) atoms. The number of carboxylic acids is 1. The molecule has 1 unspecified atom stereocenters. The third-order valence-electron chi connectivity index (χ3n) is 4.45. The van der Waals surface area contributed by atoms with E-state index in [0.717, 1.165) is 19.3 Å². The van der Waals surface area contributed by atoms with Gasteiger partial charge < -0.3 is 14.9 Å². The molecule has 0 aromatic heterocycles. The maximum absolute atomic E-state index is 10.5. The number of allylic oxidation sites excluding steroid dienone is 5. The van der Waals surface area contributed by atoms with Crippen molar-refractivity contribution < 1.29 is 19.7 Å². The Hall–Kier alpha value is -1.39. The molecule has 0 aromatic carbocycles. The van der Waals surface area contributed by atoms with Crippen molar-refractivity contribution >= 4 is 5.97 Å². The topological polar surface area (TPSA) is 66.8 Å². The van der Waals surface area contributed by atoms with Gasteiger partial charge in [0.2, 0.25) is 0 Å². The second-order valence-electron chi connectivity index (χ2n) is 6.86. The zero-order chi connectivity index (χ0) is 18.0. The number of unbranched alkanes of at least 4 members (excludes halogenated alkanes) is 1. The van der Waals surface area contributed by atoms with Gasteiger partial charge in [0, 0.05) is 13.0 Å². The van der Waals surface area contributed by atoms with Gasteiger partial charge in [-0.2, -0.15) is 0 Å². The number of aliphatic carboxylic acids is 1. The minimum Gasteiger partial charge on any atom is -0.481 e. The smallest absolute Gasteiger partial charge is 0.303 e. The minimum atomic E-state index is -0.734. The molecule has 0 amide bonds. The first-order valence-electron chi connectivity index (χ1n) is 8.90. The Bertz CT molecular complexity index is 462. The molecule has 0 saturated carbocycles. The molecule has 1 aliphatic carbocycles. The maximum Gasteiger partial charge on any atom is 0.303 e. The number of ether oxygens (including phenoxy) is 1. The lowest BCUT2D eigenvalue weighted by molar-refractivity contribution is -0.137. The van der Waals surface area contributed by atoms with Crippen LogP contribution in [0.25, 0.3) is 0 Å². The molecule has 136 valence electrons. The monoisotopic (exact) mass is 336 g/mol. The van der Waals surface area contributed by atoms with Gasteiger partial charge in [-0.05, 0) is 58.3 Å². The summed E-state index contributed by atoms with van der Waals surface area (Å²) in [6, 6.07) is 0. The Morgan fingerprint density at radius 2 is 2.17 bits per heavy atom. The maximum atomic E-state index is 10.5. The van der Waals surface area contributed by atoms with Crippen LogP contribution in [0.15, 0.2) is 36.5 Å². The van der Waals surface area contributed by atoms with Crippen LogP contribution in [0.4, 0.5) is 0 Å². The predicted molar refractivity (Wildman–Crippen MR) is 96.8 cm³/mol. The van der Waals surface area contributed by atoms with Gasteiger partial charge in [0.15, 0.2) is 0 Å². The lowest BCUT2D eigenvalue weighted by atomic mass is 9.90. The normalized spacial score (nSPS) is 22.7. The van der Waals surface area contributed by atoms with Crippen molar-refractivity contribution in [1.29, 1.82) is 0 Å². The Kier molecular flexibility index (Phi) is 9.01. The fraction of sp³-hybridized carbons (Fsp3) is 0.650. The SMILES string of the molecule is CCOC(C)(C)C(O)C=C[C@H]1C=CC[C@@H]1C/C=C\CCCC(=O)O. The van der Waals surface area contributed by atoms with E-state index in [0.29, 0.717) is 24.9 Å². The Morgan fingerprint density at radius 3 is 2.83 bits per heavy atom. The molecule has 0 aliphatic heterocycles. The predicted octanol–water partition coefficient (Wildman–Crippen LogP) is 4.11. The van der Waals surface area contributed by atoms with Gasteiger partial charge in [0.1, 0.15) is 6.10 Å². The van der Waals surface area contributed by atoms with Gasteiger partial charge in [0.25, 0.3) is 0 Å². The Labute approximate surface area is 145 Å². The van der Waals surface area contributed by atoms with Crippen LogP contribution < -0.4 is 0 Å². The average Bonchev–Trinajstić information content (AvgIpc) is 2.95. The van der Waals surface area contributed by atoms with Crippen molar-refractivity contribution in [3.8, 4) is 0 Å². The van der Waals surface area contributed by atoms with Crippen LogP contribution in [0.2, 0.25) is 0 Å². The van der Waals surface area contributed by atoms with Gasteiger partial charge in [-0.3, -0.25) is 4.79 Å². The molecule has 4 heteroatoms. The molecule has 0 bridgehead atoms. The van der Waals surface area contributed by atoms with E-state index in [9.17, 15) is 9.90 Å². The standard InChI is InChI=1S/C20H32O4/c1-4-24-20(2,3)18(21)15-14-17-12-9-11-16(17)10-7-5-6-8-13-19(22)23/h5,7,9,12,14-18,21H,4,6,8,10-11,13H2,1-3H3,(H,22,23)/b7-5-,15-14?/t16-,17+,18?/m0/s1. The molecule has 1 rings (SSSR count). The van der Waals surface area contributed by atoms with Gasteiger partial charge >= 0.3 is 5.97 Å². The summed E-state index contributed by atoms with van der Waals surface area (Å²) in [4.78, 5) is 10.5. The first-order chi connectivity index (χ1) is 11.4. The molecule has 0 radical (unpaired) electrons. The molecule has 0 spiro atoms. The minimum absolute atomic E-state index is 0.230. The van der Waals surface area contributed by atoms with Crippen molar-refractivity contribution in [3.05, 3.63) is 36.5 Å². The molecule has 1 aliphatic rings. The highest BCUT2D eigenvalue weighted by Gasteiger charge is 2.27. The van der Waals surface area contributed by atoms with Crippen LogP contribution >= 0.6 is 0 Å². The molecule has 0 saturated heterocycles. The van der Waals surface area contributed by atoms with Gasteiger partial charge in [-0.25, -0.2) is 0 Å². The zero-order valence-electron chi connectivity index (χ0n) is 15.1. The summed E-state index contributed by atoms with van der Waals surface area (Å²) in [6.07, 6.45) is 15.7. The van der Waals surface area contributed by atoms with E-state index in [1.165, 1.54) is 0 Å². The molecule has 0 aromatic rings. The second-order valence-corrected chi connectivity index (χ2v) is 6.86. The van der Waals surface area contributed by atoms with E-state index in [1.807, 2.05) is 26.8 Å². The highest BCUT2D eigenvalue weighted by molar-refractivity contribution is 5.66. The van der Waals surface area contributed by atoms with Crippen molar-refractivity contribution in [2.75, 3.05) is 6.61 Å². The third-order valence-corrected chi connectivity index (χ3v) is 4.45. The highest BCUT2D eigenvalue weighted by Crippen LogP contribution is 2.30. The van der Waals surface area contributed by atoms with Crippen LogP contribution in [0, 0.1) is 11.8 Å². The number of aliphatic hydroxyl groups excluding tert-OH is 1. The number of hydrogen-bond donors (Lipinski definition) is 2. The molecule has 0 heterocycles. The summed E-state index contributed by atoms with van der Waals surface area (Å²) in [5, 5.41) is 18.9. The lowest BCUT2D eigenvalue weighted by Gasteiger charge is -2.28.